The van der Waals surface area contributed by atoms with Crippen molar-refractivity contribution in [3.05, 3.63) is 59.7 Å². The molecule has 2 aromatic rings. The molecule has 0 aliphatic heterocycles. The number of aliphatic imine (C=N–C) groups is 1. The lowest BCUT2D eigenvalue weighted by Crippen LogP contribution is -2.39. The summed E-state index contributed by atoms with van der Waals surface area (Å²) in [7, 11) is 3.42. The highest BCUT2D eigenvalue weighted by atomic mass is 16.5. The minimum absolute atomic E-state index is 0.112. The molecule has 0 unspecified atom stereocenters. The van der Waals surface area contributed by atoms with Gasteiger partial charge in [-0.3, -0.25) is 9.79 Å². The molecule has 0 bridgehead atoms. The first-order valence-corrected chi connectivity index (χ1v) is 9.18. The Balaban J connectivity index is 1.68. The molecule has 0 spiro atoms. The van der Waals surface area contributed by atoms with Crippen LogP contribution in [0.15, 0.2) is 53.5 Å². The Labute approximate surface area is 165 Å². The van der Waals surface area contributed by atoms with Crippen molar-refractivity contribution in [3.63, 3.8) is 0 Å². The molecule has 0 saturated heterocycles. The van der Waals surface area contributed by atoms with Gasteiger partial charge in [0.25, 0.3) is 5.91 Å². The van der Waals surface area contributed by atoms with Gasteiger partial charge in [0.1, 0.15) is 11.5 Å². The van der Waals surface area contributed by atoms with Crippen molar-refractivity contribution in [2.75, 3.05) is 33.9 Å². The summed E-state index contributed by atoms with van der Waals surface area (Å²) in [6, 6.07) is 15.7. The van der Waals surface area contributed by atoms with Gasteiger partial charge in [0.15, 0.2) is 12.6 Å². The zero-order valence-corrected chi connectivity index (χ0v) is 16.4. The lowest BCUT2D eigenvalue weighted by molar-refractivity contribution is -0.119. The van der Waals surface area contributed by atoms with Crippen molar-refractivity contribution in [1.29, 1.82) is 0 Å². The van der Waals surface area contributed by atoms with E-state index in [9.17, 15) is 4.79 Å². The maximum Gasteiger partial charge on any atom is 0.255 e. The van der Waals surface area contributed by atoms with Gasteiger partial charge in [0.2, 0.25) is 0 Å². The highest BCUT2D eigenvalue weighted by Crippen LogP contribution is 2.12. The number of methoxy groups -OCH3 is 1. The fourth-order valence-electron chi connectivity index (χ4n) is 2.57. The molecule has 0 radical (unpaired) electrons. The second-order valence-corrected chi connectivity index (χ2v) is 6.17. The number of nitrogens with two attached hydrogens (primary N) is 1. The standard InChI is InChI=1S/C21H28N4O3/c1-23-21(24-13-11-16-3-7-18(27-2)8-4-16)25-14-12-17-5-9-19(10-6-17)28-15-20(22)26/h3-10H,11-15H2,1-2H3,(H2,22,26)(H2,23,24,25). The molecule has 0 atom stereocenters. The molecule has 150 valence electrons. The predicted molar refractivity (Wildman–Crippen MR) is 111 cm³/mol. The van der Waals surface area contributed by atoms with Crippen LogP contribution in [-0.2, 0) is 17.6 Å². The molecular weight excluding hydrogens is 356 g/mol. The number of carbonyl (C=O) groups excluding carboxylic acids is 1. The van der Waals surface area contributed by atoms with Crippen molar-refractivity contribution in [2.45, 2.75) is 12.8 Å². The number of ether oxygens (including phenoxy) is 2. The van der Waals surface area contributed by atoms with E-state index in [4.69, 9.17) is 15.2 Å². The lowest BCUT2D eigenvalue weighted by atomic mass is 10.1. The summed E-state index contributed by atoms with van der Waals surface area (Å²) in [5.74, 6) is 1.78. The molecule has 4 N–H and O–H groups in total. The van der Waals surface area contributed by atoms with Crippen molar-refractivity contribution in [1.82, 2.24) is 10.6 Å². The van der Waals surface area contributed by atoms with E-state index in [0.717, 1.165) is 43.2 Å². The first kappa shape index (κ1) is 21.1. The second kappa shape index (κ2) is 11.5. The van der Waals surface area contributed by atoms with Crippen LogP contribution in [0.3, 0.4) is 0 Å². The smallest absolute Gasteiger partial charge is 0.255 e. The van der Waals surface area contributed by atoms with Crippen LogP contribution >= 0.6 is 0 Å². The van der Waals surface area contributed by atoms with E-state index in [1.54, 1.807) is 14.2 Å². The minimum atomic E-state index is -0.487. The molecule has 0 aromatic heterocycles. The van der Waals surface area contributed by atoms with Crippen LogP contribution in [0.1, 0.15) is 11.1 Å². The molecule has 7 heteroatoms. The molecule has 0 heterocycles. The van der Waals surface area contributed by atoms with Gasteiger partial charge < -0.3 is 25.8 Å². The average Bonchev–Trinajstić information content (AvgIpc) is 2.72. The Morgan fingerprint density at radius 2 is 1.43 bits per heavy atom. The Morgan fingerprint density at radius 3 is 1.86 bits per heavy atom. The molecule has 28 heavy (non-hydrogen) atoms. The number of rotatable bonds is 10. The van der Waals surface area contributed by atoms with Gasteiger partial charge in [-0.25, -0.2) is 0 Å². The first-order valence-electron chi connectivity index (χ1n) is 9.18. The van der Waals surface area contributed by atoms with E-state index in [2.05, 4.69) is 27.8 Å². The predicted octanol–water partition coefficient (Wildman–Crippen LogP) is 1.51. The van der Waals surface area contributed by atoms with E-state index in [-0.39, 0.29) is 6.61 Å². The number of primary amides is 1. The van der Waals surface area contributed by atoms with Crippen molar-refractivity contribution >= 4 is 11.9 Å². The highest BCUT2D eigenvalue weighted by Gasteiger charge is 2.01. The number of hydrogen-bond acceptors (Lipinski definition) is 4. The minimum Gasteiger partial charge on any atom is -0.497 e. The molecule has 2 aromatic carbocycles. The second-order valence-electron chi connectivity index (χ2n) is 6.17. The Hall–Kier alpha value is -3.22. The van der Waals surface area contributed by atoms with Gasteiger partial charge in [-0.15, -0.1) is 0 Å². The number of amides is 1. The van der Waals surface area contributed by atoms with Gasteiger partial charge in [-0.1, -0.05) is 24.3 Å². The fraction of sp³-hybridized carbons (Fsp3) is 0.333. The van der Waals surface area contributed by atoms with E-state index < -0.39 is 5.91 Å². The SMILES string of the molecule is CN=C(NCCc1ccc(OC)cc1)NCCc1ccc(OCC(N)=O)cc1. The Morgan fingerprint density at radius 1 is 0.929 bits per heavy atom. The summed E-state index contributed by atoms with van der Waals surface area (Å²) in [5, 5.41) is 6.62. The first-order chi connectivity index (χ1) is 13.6. The van der Waals surface area contributed by atoms with Crippen molar-refractivity contribution < 1.29 is 14.3 Å². The number of nitrogens with zero attached hydrogens (tertiary/aromatic N) is 1. The summed E-state index contributed by atoms with van der Waals surface area (Å²) in [5.41, 5.74) is 7.46. The summed E-state index contributed by atoms with van der Waals surface area (Å²) in [4.78, 5) is 15.0. The van der Waals surface area contributed by atoms with Crippen LogP contribution in [0.4, 0.5) is 0 Å². The third kappa shape index (κ3) is 7.57. The van der Waals surface area contributed by atoms with E-state index in [1.165, 1.54) is 5.56 Å². The molecule has 7 nitrogen and oxygen atoms in total. The van der Waals surface area contributed by atoms with Gasteiger partial charge in [0.05, 0.1) is 7.11 Å². The van der Waals surface area contributed by atoms with Gasteiger partial charge >= 0.3 is 0 Å². The Kier molecular flexibility index (Phi) is 8.65. The van der Waals surface area contributed by atoms with Crippen LogP contribution in [0.5, 0.6) is 11.5 Å². The molecule has 0 saturated carbocycles. The highest BCUT2D eigenvalue weighted by molar-refractivity contribution is 5.79. The summed E-state index contributed by atoms with van der Waals surface area (Å²) < 4.78 is 10.4. The topological polar surface area (TPSA) is 98.0 Å². The number of guanidine groups is 1. The lowest BCUT2D eigenvalue weighted by Gasteiger charge is -2.12. The largest absolute Gasteiger partial charge is 0.497 e. The Bertz CT molecular complexity index is 758. The van der Waals surface area contributed by atoms with E-state index in [0.29, 0.717) is 5.75 Å². The maximum absolute atomic E-state index is 10.7. The van der Waals surface area contributed by atoms with Gasteiger partial charge in [-0.2, -0.15) is 0 Å². The normalized spacial score (nSPS) is 11.0. The van der Waals surface area contributed by atoms with Crippen LogP contribution in [0.2, 0.25) is 0 Å². The molecule has 2 rings (SSSR count). The zero-order chi connectivity index (χ0) is 20.2. The van der Waals surface area contributed by atoms with Gasteiger partial charge in [-0.05, 0) is 48.2 Å². The number of nitrogens with one attached hydrogen (secondary N) is 2. The number of carbonyl (C=O) groups is 1. The summed E-state index contributed by atoms with van der Waals surface area (Å²) in [6.07, 6.45) is 1.74. The van der Waals surface area contributed by atoms with E-state index in [1.807, 2.05) is 36.4 Å². The average molecular weight is 384 g/mol. The van der Waals surface area contributed by atoms with Gasteiger partial charge in [0, 0.05) is 20.1 Å². The number of benzene rings is 2. The fourth-order valence-corrected chi connectivity index (χ4v) is 2.57. The third-order valence-corrected chi connectivity index (χ3v) is 4.10. The molecule has 0 fully saturated rings. The van der Waals surface area contributed by atoms with E-state index >= 15 is 0 Å². The molecule has 1 amide bonds. The maximum atomic E-state index is 10.7. The van der Waals surface area contributed by atoms with Crippen molar-refractivity contribution in [3.8, 4) is 11.5 Å². The van der Waals surface area contributed by atoms with Crippen LogP contribution < -0.4 is 25.8 Å². The number of hydrogen-bond donors (Lipinski definition) is 3. The molecule has 0 aliphatic carbocycles. The monoisotopic (exact) mass is 384 g/mol. The van der Waals surface area contributed by atoms with Crippen LogP contribution in [0, 0.1) is 0 Å². The third-order valence-electron chi connectivity index (χ3n) is 4.10. The summed E-state index contributed by atoms with van der Waals surface area (Å²) in [6.45, 7) is 1.43. The quantitative estimate of drug-likeness (QED) is 0.426. The van der Waals surface area contributed by atoms with Crippen molar-refractivity contribution in [2.24, 2.45) is 10.7 Å². The van der Waals surface area contributed by atoms with Crippen LogP contribution in [-0.4, -0.2) is 45.7 Å². The van der Waals surface area contributed by atoms with Crippen LogP contribution in [0.25, 0.3) is 0 Å². The molecular formula is C21H28N4O3. The summed E-state index contributed by atoms with van der Waals surface area (Å²) >= 11 is 0. The molecule has 0 aliphatic rings. The zero-order valence-electron chi connectivity index (χ0n) is 16.4.